The molecule has 8 nitrogen and oxygen atoms in total. The average molecular weight is 451 g/mol. The number of nitrogens with zero attached hydrogens (tertiary/aromatic N) is 2. The molecule has 0 radical (unpaired) electrons. The molecule has 0 aromatic heterocycles. The number of rotatable bonds is 4. The highest BCUT2D eigenvalue weighted by Gasteiger charge is 2.53. The largest absolute Gasteiger partial charge is 0.500 e. The highest BCUT2D eigenvalue weighted by Crippen LogP contribution is 2.36. The molecule has 1 N–H and O–H groups in total. The number of nitrogens with one attached hydrogen (secondary N) is 1. The van der Waals surface area contributed by atoms with Crippen molar-refractivity contribution in [1.82, 2.24) is 5.32 Å². The number of methoxy groups -OCH3 is 1. The Morgan fingerprint density at radius 3 is 2.32 bits per heavy atom. The lowest BCUT2D eigenvalue weighted by atomic mass is 9.77. The van der Waals surface area contributed by atoms with Crippen LogP contribution in [0.2, 0.25) is 0 Å². The summed E-state index contributed by atoms with van der Waals surface area (Å²) in [6.45, 7) is 7.15. The minimum absolute atomic E-state index is 0.0876. The quantitative estimate of drug-likeness (QED) is 0.247. The summed E-state index contributed by atoms with van der Waals surface area (Å²) in [7, 11) is 0.00765. The zero-order valence-corrected chi connectivity index (χ0v) is 18.3. The van der Waals surface area contributed by atoms with Gasteiger partial charge in [-0.1, -0.05) is 0 Å². The zero-order valence-electron chi connectivity index (χ0n) is 17.5. The average Bonchev–Trinajstić information content (AvgIpc) is 3.09. The third-order valence-corrected chi connectivity index (χ3v) is 5.95. The van der Waals surface area contributed by atoms with Crippen molar-refractivity contribution in [3.05, 3.63) is 40.3 Å². The second-order valence-electron chi connectivity index (χ2n) is 7.72. The van der Waals surface area contributed by atoms with E-state index < -0.39 is 41.8 Å². The lowest BCUT2D eigenvalue weighted by Crippen LogP contribution is -2.41. The minimum Gasteiger partial charge on any atom is -0.466 e. The number of halogens is 2. The summed E-state index contributed by atoms with van der Waals surface area (Å²) in [6.07, 6.45) is 2.15. The van der Waals surface area contributed by atoms with Crippen molar-refractivity contribution >= 4 is 47.6 Å². The molecule has 0 atom stereocenters. The molecule has 2 fully saturated rings. The van der Waals surface area contributed by atoms with Gasteiger partial charge in [0, 0.05) is 11.6 Å². The second kappa shape index (κ2) is 8.52. The standard InChI is InChI=1S/C19H20BF2N3O5S/c1-18(2)19(3,4)30-20(29-18)15-11(21)6-10(7-12(15)22)9-23-25-17-24-16(27)13(31-17)8-14(26)28-5/h6-9H,1-5H3,(H,24,25,27)/b13-8+,23-9?. The van der Waals surface area contributed by atoms with Crippen molar-refractivity contribution < 1.29 is 32.4 Å². The van der Waals surface area contributed by atoms with E-state index in [9.17, 15) is 18.4 Å². The maximum absolute atomic E-state index is 14.6. The van der Waals surface area contributed by atoms with Crippen LogP contribution in [0.15, 0.2) is 33.3 Å². The van der Waals surface area contributed by atoms with Gasteiger partial charge in [-0.3, -0.25) is 10.1 Å². The molecule has 2 heterocycles. The number of carbonyl (C=O) groups excluding carboxylic acids is 2. The summed E-state index contributed by atoms with van der Waals surface area (Å²) in [5.41, 5.74) is -1.69. The van der Waals surface area contributed by atoms with Gasteiger partial charge >= 0.3 is 13.1 Å². The summed E-state index contributed by atoms with van der Waals surface area (Å²) < 4.78 is 45.2. The van der Waals surface area contributed by atoms with Gasteiger partial charge in [-0.25, -0.2) is 13.6 Å². The maximum Gasteiger partial charge on any atom is 0.500 e. The van der Waals surface area contributed by atoms with Crippen LogP contribution in [-0.2, 0) is 23.6 Å². The molecule has 1 aromatic carbocycles. The van der Waals surface area contributed by atoms with Crippen LogP contribution in [0.3, 0.4) is 0 Å². The molecule has 0 unspecified atom stereocenters. The van der Waals surface area contributed by atoms with Gasteiger partial charge < -0.3 is 14.0 Å². The molecule has 164 valence electrons. The molecule has 31 heavy (non-hydrogen) atoms. The number of hydrogen-bond donors (Lipinski definition) is 1. The van der Waals surface area contributed by atoms with E-state index in [4.69, 9.17) is 9.31 Å². The van der Waals surface area contributed by atoms with E-state index in [1.807, 2.05) is 0 Å². The van der Waals surface area contributed by atoms with Crippen molar-refractivity contribution in [1.29, 1.82) is 0 Å². The molecule has 3 rings (SSSR count). The predicted octanol–water partition coefficient (Wildman–Crippen LogP) is 1.87. The van der Waals surface area contributed by atoms with Gasteiger partial charge in [0.1, 0.15) is 11.6 Å². The lowest BCUT2D eigenvalue weighted by Gasteiger charge is -2.32. The van der Waals surface area contributed by atoms with Gasteiger partial charge in [-0.05, 0) is 51.6 Å². The number of benzene rings is 1. The molecule has 2 saturated heterocycles. The van der Waals surface area contributed by atoms with Crippen molar-refractivity contribution in [3.8, 4) is 0 Å². The molecule has 0 saturated carbocycles. The van der Waals surface area contributed by atoms with E-state index in [0.29, 0.717) is 0 Å². The Hall–Kier alpha value is -2.57. The fraction of sp³-hybridized carbons (Fsp3) is 0.368. The maximum atomic E-state index is 14.6. The number of amides is 1. The summed E-state index contributed by atoms with van der Waals surface area (Å²) in [5, 5.41) is 10.0. The van der Waals surface area contributed by atoms with Gasteiger partial charge in [-0.2, -0.15) is 5.10 Å². The SMILES string of the molecule is COC(=O)/C=C1/S/C(=N\N=Cc2cc(F)c(B3OC(C)(C)C(C)(C)O3)c(F)c2)NC1=O. The van der Waals surface area contributed by atoms with Gasteiger partial charge in [0.05, 0.1) is 34.9 Å². The summed E-state index contributed by atoms with van der Waals surface area (Å²) in [5.74, 6) is -2.91. The molecular weight excluding hydrogens is 431 g/mol. The van der Waals surface area contributed by atoms with E-state index in [0.717, 1.165) is 36.2 Å². The third kappa shape index (κ3) is 4.86. The molecule has 12 heteroatoms. The van der Waals surface area contributed by atoms with Gasteiger partial charge in [0.2, 0.25) is 0 Å². The third-order valence-electron chi connectivity index (χ3n) is 5.05. The number of ether oxygens (including phenoxy) is 1. The first kappa shape index (κ1) is 23.1. The van der Waals surface area contributed by atoms with E-state index >= 15 is 0 Å². The number of carbonyl (C=O) groups is 2. The highest BCUT2D eigenvalue weighted by atomic mass is 32.2. The van der Waals surface area contributed by atoms with E-state index in [1.54, 1.807) is 27.7 Å². The minimum atomic E-state index is -1.18. The lowest BCUT2D eigenvalue weighted by molar-refractivity contribution is -0.135. The fourth-order valence-electron chi connectivity index (χ4n) is 2.65. The first-order chi connectivity index (χ1) is 14.4. The molecule has 2 aliphatic rings. The summed E-state index contributed by atoms with van der Waals surface area (Å²) in [4.78, 5) is 23.1. The molecule has 1 amide bonds. The fourth-order valence-corrected chi connectivity index (χ4v) is 3.39. The number of amidine groups is 1. The number of esters is 1. The molecular formula is C19H20BF2N3O5S. The summed E-state index contributed by atoms with van der Waals surface area (Å²) in [6, 6.07) is 2.16. The number of thioether (sulfide) groups is 1. The highest BCUT2D eigenvalue weighted by molar-refractivity contribution is 8.18. The van der Waals surface area contributed by atoms with Crippen molar-refractivity contribution in [3.63, 3.8) is 0 Å². The van der Waals surface area contributed by atoms with Gasteiger partial charge in [-0.15, -0.1) is 5.10 Å². The number of hydrogen-bond acceptors (Lipinski definition) is 8. The van der Waals surface area contributed by atoms with E-state index in [2.05, 4.69) is 20.3 Å². The van der Waals surface area contributed by atoms with Crippen LogP contribution in [0.4, 0.5) is 8.78 Å². The molecule has 2 aliphatic heterocycles. The van der Waals surface area contributed by atoms with Crippen LogP contribution in [0.5, 0.6) is 0 Å². The Morgan fingerprint density at radius 1 is 1.19 bits per heavy atom. The summed E-state index contributed by atoms with van der Waals surface area (Å²) >= 11 is 0.877. The smallest absolute Gasteiger partial charge is 0.466 e. The normalized spacial score (nSPS) is 22.5. The Labute approximate surface area is 182 Å². The van der Waals surface area contributed by atoms with Gasteiger partial charge in [0.25, 0.3) is 5.91 Å². The molecule has 0 bridgehead atoms. The van der Waals surface area contributed by atoms with Crippen LogP contribution in [0.25, 0.3) is 0 Å². The van der Waals surface area contributed by atoms with Crippen molar-refractivity contribution in [2.75, 3.05) is 7.11 Å². The van der Waals surface area contributed by atoms with Crippen LogP contribution in [-0.4, -0.2) is 48.7 Å². The Kier molecular flexibility index (Phi) is 6.35. The molecule has 0 aliphatic carbocycles. The van der Waals surface area contributed by atoms with Crippen molar-refractivity contribution in [2.24, 2.45) is 10.2 Å². The van der Waals surface area contributed by atoms with Crippen molar-refractivity contribution in [2.45, 2.75) is 38.9 Å². The first-order valence-electron chi connectivity index (χ1n) is 9.18. The Morgan fingerprint density at radius 2 is 1.77 bits per heavy atom. The topological polar surface area (TPSA) is 98.6 Å². The first-order valence-corrected chi connectivity index (χ1v) is 9.99. The zero-order chi connectivity index (χ0) is 23.0. The van der Waals surface area contributed by atoms with Gasteiger partial charge in [0.15, 0.2) is 5.17 Å². The second-order valence-corrected chi connectivity index (χ2v) is 8.75. The van der Waals surface area contributed by atoms with E-state index in [1.165, 1.54) is 7.11 Å². The molecule has 0 spiro atoms. The predicted molar refractivity (Wildman–Crippen MR) is 113 cm³/mol. The van der Waals surface area contributed by atoms with E-state index in [-0.39, 0.29) is 21.1 Å². The monoisotopic (exact) mass is 451 g/mol. The molecule has 1 aromatic rings. The van der Waals surface area contributed by atoms with Crippen LogP contribution < -0.4 is 10.8 Å². The van der Waals surface area contributed by atoms with Crippen LogP contribution in [0, 0.1) is 11.6 Å². The van der Waals surface area contributed by atoms with Crippen LogP contribution >= 0.6 is 11.8 Å². The Balaban J connectivity index is 1.75. The van der Waals surface area contributed by atoms with Crippen LogP contribution in [0.1, 0.15) is 33.3 Å². The Bertz CT molecular complexity index is 987.